The van der Waals surface area contributed by atoms with Crippen LogP contribution in [-0.2, 0) is 9.59 Å². The molecule has 0 aromatic carbocycles. The molecular weight excluding hydrogens is 244 g/mol. The number of rotatable bonds is 3. The van der Waals surface area contributed by atoms with Crippen molar-refractivity contribution in [1.29, 1.82) is 0 Å². The van der Waals surface area contributed by atoms with E-state index in [0.29, 0.717) is 18.8 Å². The maximum Gasteiger partial charge on any atom is 0.329 e. The predicted octanol–water partition coefficient (Wildman–Crippen LogP) is 1.51. The van der Waals surface area contributed by atoms with Crippen LogP contribution < -0.4 is 11.1 Å². The first-order valence-corrected chi connectivity index (χ1v) is 6.89. The van der Waals surface area contributed by atoms with Gasteiger partial charge in [-0.1, -0.05) is 27.7 Å². The van der Waals surface area contributed by atoms with Gasteiger partial charge in [0.15, 0.2) is 0 Å². The van der Waals surface area contributed by atoms with Crippen LogP contribution in [0.2, 0.25) is 0 Å². The number of amides is 1. The van der Waals surface area contributed by atoms with Crippen molar-refractivity contribution in [2.75, 3.05) is 0 Å². The second-order valence-electron chi connectivity index (χ2n) is 6.90. The molecule has 0 aliphatic heterocycles. The molecule has 19 heavy (non-hydrogen) atoms. The Morgan fingerprint density at radius 1 is 1.32 bits per heavy atom. The molecule has 5 heteroatoms. The highest BCUT2D eigenvalue weighted by molar-refractivity contribution is 5.90. The molecule has 1 fully saturated rings. The van der Waals surface area contributed by atoms with Crippen LogP contribution in [0, 0.1) is 11.3 Å². The Morgan fingerprint density at radius 3 is 2.16 bits per heavy atom. The number of carbonyl (C=O) groups is 2. The lowest BCUT2D eigenvalue weighted by Gasteiger charge is -2.38. The zero-order valence-electron chi connectivity index (χ0n) is 12.3. The molecule has 1 rings (SSSR count). The number of nitrogens with one attached hydrogen (secondary N) is 1. The third-order valence-electron chi connectivity index (χ3n) is 4.12. The van der Waals surface area contributed by atoms with Crippen LogP contribution in [0.15, 0.2) is 0 Å². The van der Waals surface area contributed by atoms with Crippen LogP contribution in [0.4, 0.5) is 0 Å². The smallest absolute Gasteiger partial charge is 0.329 e. The van der Waals surface area contributed by atoms with Crippen LogP contribution in [0.3, 0.4) is 0 Å². The van der Waals surface area contributed by atoms with Gasteiger partial charge in [-0.2, -0.15) is 0 Å². The molecule has 1 saturated carbocycles. The van der Waals surface area contributed by atoms with E-state index in [0.717, 1.165) is 12.8 Å². The number of hydrogen-bond donors (Lipinski definition) is 3. The zero-order valence-corrected chi connectivity index (χ0v) is 12.3. The van der Waals surface area contributed by atoms with Gasteiger partial charge >= 0.3 is 5.97 Å². The second kappa shape index (κ2) is 5.49. The summed E-state index contributed by atoms with van der Waals surface area (Å²) in [5, 5.41) is 12.1. The topological polar surface area (TPSA) is 92.4 Å². The maximum absolute atomic E-state index is 12.1. The SMILES string of the molecule is CC1CCC(NC(=O)C(N)C(C)(C)C)(C(=O)O)CC1. The van der Waals surface area contributed by atoms with Crippen molar-refractivity contribution in [2.45, 2.75) is 65.0 Å². The summed E-state index contributed by atoms with van der Waals surface area (Å²) in [6.07, 6.45) is 2.59. The maximum atomic E-state index is 12.1. The molecule has 5 nitrogen and oxygen atoms in total. The number of nitrogens with two attached hydrogens (primary N) is 1. The van der Waals surface area contributed by atoms with Crippen molar-refractivity contribution in [3.8, 4) is 0 Å². The van der Waals surface area contributed by atoms with Crippen molar-refractivity contribution in [1.82, 2.24) is 5.32 Å². The summed E-state index contributed by atoms with van der Waals surface area (Å²) in [5.74, 6) is -0.807. The first-order chi connectivity index (χ1) is 8.58. The Labute approximate surface area is 114 Å². The zero-order chi connectivity index (χ0) is 14.8. The van der Waals surface area contributed by atoms with Gasteiger partial charge in [0.2, 0.25) is 5.91 Å². The summed E-state index contributed by atoms with van der Waals surface area (Å²) >= 11 is 0. The molecule has 1 amide bonds. The molecule has 0 bridgehead atoms. The molecule has 110 valence electrons. The highest BCUT2D eigenvalue weighted by Gasteiger charge is 2.44. The summed E-state index contributed by atoms with van der Waals surface area (Å²) in [4.78, 5) is 23.7. The van der Waals surface area contributed by atoms with Crippen LogP contribution in [-0.4, -0.2) is 28.6 Å². The largest absolute Gasteiger partial charge is 0.480 e. The average Bonchev–Trinajstić information content (AvgIpc) is 2.29. The number of hydrogen-bond acceptors (Lipinski definition) is 3. The lowest BCUT2D eigenvalue weighted by molar-refractivity contribution is -0.150. The number of aliphatic carboxylic acids is 1. The van der Waals surface area contributed by atoms with E-state index in [-0.39, 0.29) is 11.3 Å². The summed E-state index contributed by atoms with van der Waals surface area (Å²) in [7, 11) is 0. The van der Waals surface area contributed by atoms with E-state index < -0.39 is 17.6 Å². The van der Waals surface area contributed by atoms with E-state index >= 15 is 0 Å². The van der Waals surface area contributed by atoms with Crippen molar-refractivity contribution in [3.63, 3.8) is 0 Å². The quantitative estimate of drug-likeness (QED) is 0.724. The summed E-state index contributed by atoms with van der Waals surface area (Å²) in [6.45, 7) is 7.71. The first-order valence-electron chi connectivity index (χ1n) is 6.89. The van der Waals surface area contributed by atoms with Gasteiger partial charge in [-0.05, 0) is 37.0 Å². The van der Waals surface area contributed by atoms with Crippen LogP contribution in [0.5, 0.6) is 0 Å². The summed E-state index contributed by atoms with van der Waals surface area (Å²) in [6, 6.07) is -0.705. The minimum Gasteiger partial charge on any atom is -0.480 e. The van der Waals surface area contributed by atoms with Crippen LogP contribution in [0.25, 0.3) is 0 Å². The normalized spacial score (nSPS) is 29.6. The Bertz CT molecular complexity index is 352. The molecule has 0 saturated heterocycles. The highest BCUT2D eigenvalue weighted by Crippen LogP contribution is 2.32. The van der Waals surface area contributed by atoms with E-state index in [2.05, 4.69) is 12.2 Å². The number of carboxylic acid groups (broad SMARTS) is 1. The standard InChI is InChI=1S/C14H26N2O3/c1-9-5-7-14(8-6-9,12(18)19)16-11(17)10(15)13(2,3)4/h9-10H,5-8,15H2,1-4H3,(H,16,17)(H,18,19). The molecule has 1 aliphatic carbocycles. The van der Waals surface area contributed by atoms with Gasteiger partial charge in [-0.15, -0.1) is 0 Å². The summed E-state index contributed by atoms with van der Waals surface area (Å²) in [5.41, 5.74) is 4.38. The lowest BCUT2D eigenvalue weighted by Crippen LogP contribution is -2.61. The van der Waals surface area contributed by atoms with Gasteiger partial charge in [0.05, 0.1) is 6.04 Å². The van der Waals surface area contributed by atoms with Gasteiger partial charge in [0.1, 0.15) is 5.54 Å². The number of carboxylic acids is 1. The molecular formula is C14H26N2O3. The van der Waals surface area contributed by atoms with E-state index in [1.165, 1.54) is 0 Å². The fourth-order valence-corrected chi connectivity index (χ4v) is 2.35. The van der Waals surface area contributed by atoms with Crippen molar-refractivity contribution >= 4 is 11.9 Å². The van der Waals surface area contributed by atoms with Gasteiger partial charge in [-0.3, -0.25) is 4.79 Å². The van der Waals surface area contributed by atoms with Crippen LogP contribution in [0.1, 0.15) is 53.4 Å². The molecule has 1 atom stereocenters. The molecule has 4 N–H and O–H groups in total. The van der Waals surface area contributed by atoms with Crippen LogP contribution >= 0.6 is 0 Å². The van der Waals surface area contributed by atoms with Gasteiger partial charge in [0, 0.05) is 0 Å². The lowest BCUT2D eigenvalue weighted by atomic mass is 9.76. The van der Waals surface area contributed by atoms with E-state index in [9.17, 15) is 14.7 Å². The highest BCUT2D eigenvalue weighted by atomic mass is 16.4. The third kappa shape index (κ3) is 3.69. The van der Waals surface area contributed by atoms with E-state index in [1.807, 2.05) is 20.8 Å². The van der Waals surface area contributed by atoms with Crippen molar-refractivity contribution in [3.05, 3.63) is 0 Å². The minimum atomic E-state index is -1.13. The summed E-state index contributed by atoms with van der Waals surface area (Å²) < 4.78 is 0. The molecule has 0 aromatic heterocycles. The van der Waals surface area contributed by atoms with Gasteiger partial charge in [-0.25, -0.2) is 4.79 Å². The van der Waals surface area contributed by atoms with E-state index in [4.69, 9.17) is 5.73 Å². The number of carbonyl (C=O) groups excluding carboxylic acids is 1. The average molecular weight is 270 g/mol. The molecule has 1 unspecified atom stereocenters. The second-order valence-corrected chi connectivity index (χ2v) is 6.90. The molecule has 0 heterocycles. The third-order valence-corrected chi connectivity index (χ3v) is 4.12. The molecule has 0 spiro atoms. The Kier molecular flexibility index (Phi) is 4.61. The molecule has 0 radical (unpaired) electrons. The van der Waals surface area contributed by atoms with Gasteiger partial charge in [0.25, 0.3) is 0 Å². The van der Waals surface area contributed by atoms with E-state index in [1.54, 1.807) is 0 Å². The van der Waals surface area contributed by atoms with Crippen molar-refractivity contribution < 1.29 is 14.7 Å². The predicted molar refractivity (Wildman–Crippen MR) is 73.6 cm³/mol. The monoisotopic (exact) mass is 270 g/mol. The Morgan fingerprint density at radius 2 is 1.79 bits per heavy atom. The molecule has 1 aliphatic rings. The Hall–Kier alpha value is -1.10. The molecule has 0 aromatic rings. The van der Waals surface area contributed by atoms with Crippen molar-refractivity contribution in [2.24, 2.45) is 17.1 Å². The first kappa shape index (κ1) is 16.0. The fraction of sp³-hybridized carbons (Fsp3) is 0.857. The Balaban J connectivity index is 2.80. The van der Waals surface area contributed by atoms with Gasteiger partial charge < -0.3 is 16.2 Å². The fourth-order valence-electron chi connectivity index (χ4n) is 2.35. The minimum absolute atomic E-state index is 0.371.